The SMILES string of the molecule is CCOc1ccccc1-c1cc(C)ccc1CN. The van der Waals surface area contributed by atoms with Crippen LogP contribution in [0.3, 0.4) is 0 Å². The van der Waals surface area contributed by atoms with Crippen LogP contribution in [0.5, 0.6) is 5.75 Å². The van der Waals surface area contributed by atoms with Crippen molar-refractivity contribution < 1.29 is 4.74 Å². The number of hydrogen-bond donors (Lipinski definition) is 1. The van der Waals surface area contributed by atoms with Crippen molar-refractivity contribution in [2.24, 2.45) is 5.73 Å². The molecule has 0 aromatic heterocycles. The summed E-state index contributed by atoms with van der Waals surface area (Å²) < 4.78 is 5.69. The minimum Gasteiger partial charge on any atom is -0.493 e. The monoisotopic (exact) mass is 241 g/mol. The van der Waals surface area contributed by atoms with Gasteiger partial charge in [-0.1, -0.05) is 42.0 Å². The number of nitrogens with two attached hydrogens (primary N) is 1. The Hall–Kier alpha value is -1.80. The van der Waals surface area contributed by atoms with E-state index in [1.807, 2.05) is 25.1 Å². The highest BCUT2D eigenvalue weighted by atomic mass is 16.5. The van der Waals surface area contributed by atoms with Gasteiger partial charge in [-0.15, -0.1) is 0 Å². The molecule has 0 spiro atoms. The van der Waals surface area contributed by atoms with Crippen LogP contribution in [0, 0.1) is 6.92 Å². The predicted molar refractivity (Wildman–Crippen MR) is 75.7 cm³/mol. The molecule has 2 rings (SSSR count). The fourth-order valence-corrected chi connectivity index (χ4v) is 2.09. The lowest BCUT2D eigenvalue weighted by Crippen LogP contribution is -2.01. The quantitative estimate of drug-likeness (QED) is 0.889. The zero-order valence-corrected chi connectivity index (χ0v) is 10.9. The molecule has 2 N–H and O–H groups in total. The van der Waals surface area contributed by atoms with Gasteiger partial charge in [0.05, 0.1) is 6.61 Å². The van der Waals surface area contributed by atoms with Gasteiger partial charge in [0.2, 0.25) is 0 Å². The second kappa shape index (κ2) is 5.69. The highest BCUT2D eigenvalue weighted by Crippen LogP contribution is 2.32. The van der Waals surface area contributed by atoms with Gasteiger partial charge in [-0.2, -0.15) is 0 Å². The minimum absolute atomic E-state index is 0.538. The summed E-state index contributed by atoms with van der Waals surface area (Å²) in [6, 6.07) is 14.5. The van der Waals surface area contributed by atoms with E-state index in [1.54, 1.807) is 0 Å². The van der Waals surface area contributed by atoms with E-state index in [2.05, 4.69) is 31.2 Å². The average Bonchev–Trinajstić information content (AvgIpc) is 2.40. The Balaban J connectivity index is 2.57. The molecule has 2 aromatic rings. The fraction of sp³-hybridized carbons (Fsp3) is 0.250. The molecule has 0 atom stereocenters. The van der Waals surface area contributed by atoms with Gasteiger partial charge in [-0.3, -0.25) is 0 Å². The Bertz CT molecular complexity index is 534. The van der Waals surface area contributed by atoms with Gasteiger partial charge in [-0.25, -0.2) is 0 Å². The van der Waals surface area contributed by atoms with Crippen LogP contribution in [-0.2, 0) is 6.54 Å². The Morgan fingerprint density at radius 1 is 1.06 bits per heavy atom. The number of ether oxygens (including phenoxy) is 1. The summed E-state index contributed by atoms with van der Waals surface area (Å²) >= 11 is 0. The lowest BCUT2D eigenvalue weighted by Gasteiger charge is -2.14. The van der Waals surface area contributed by atoms with Crippen molar-refractivity contribution in [2.75, 3.05) is 6.61 Å². The average molecular weight is 241 g/mol. The third-order valence-corrected chi connectivity index (χ3v) is 2.96. The molecule has 0 unspecified atom stereocenters. The van der Waals surface area contributed by atoms with E-state index in [0.29, 0.717) is 13.2 Å². The zero-order chi connectivity index (χ0) is 13.0. The number of aryl methyl sites for hydroxylation is 1. The van der Waals surface area contributed by atoms with Crippen molar-refractivity contribution in [3.63, 3.8) is 0 Å². The minimum atomic E-state index is 0.538. The van der Waals surface area contributed by atoms with E-state index < -0.39 is 0 Å². The van der Waals surface area contributed by atoms with Crippen LogP contribution < -0.4 is 10.5 Å². The summed E-state index contributed by atoms with van der Waals surface area (Å²) in [5.41, 5.74) is 10.5. The number of benzene rings is 2. The van der Waals surface area contributed by atoms with Crippen LogP contribution >= 0.6 is 0 Å². The first-order chi connectivity index (χ1) is 8.76. The van der Waals surface area contributed by atoms with Crippen LogP contribution in [0.4, 0.5) is 0 Å². The third kappa shape index (κ3) is 2.54. The Morgan fingerprint density at radius 2 is 1.83 bits per heavy atom. The standard InChI is InChI=1S/C16H19NO/c1-3-18-16-7-5-4-6-14(16)15-10-12(2)8-9-13(15)11-17/h4-10H,3,11,17H2,1-2H3. The van der Waals surface area contributed by atoms with Crippen molar-refractivity contribution in [1.29, 1.82) is 0 Å². The fourth-order valence-electron chi connectivity index (χ4n) is 2.09. The molecule has 0 saturated carbocycles. The zero-order valence-electron chi connectivity index (χ0n) is 10.9. The number of rotatable bonds is 4. The maximum atomic E-state index is 5.82. The van der Waals surface area contributed by atoms with Gasteiger partial charge in [0.15, 0.2) is 0 Å². The maximum Gasteiger partial charge on any atom is 0.127 e. The largest absolute Gasteiger partial charge is 0.493 e. The van der Waals surface area contributed by atoms with Crippen molar-refractivity contribution in [3.05, 3.63) is 53.6 Å². The topological polar surface area (TPSA) is 35.2 Å². The smallest absolute Gasteiger partial charge is 0.127 e. The van der Waals surface area contributed by atoms with Crippen molar-refractivity contribution in [3.8, 4) is 16.9 Å². The molecule has 2 heteroatoms. The van der Waals surface area contributed by atoms with E-state index >= 15 is 0 Å². The van der Waals surface area contributed by atoms with Crippen LogP contribution in [0.2, 0.25) is 0 Å². The van der Waals surface area contributed by atoms with Gasteiger partial charge >= 0.3 is 0 Å². The van der Waals surface area contributed by atoms with E-state index in [-0.39, 0.29) is 0 Å². The molecule has 0 bridgehead atoms. The van der Waals surface area contributed by atoms with Gasteiger partial charge in [0.25, 0.3) is 0 Å². The van der Waals surface area contributed by atoms with Gasteiger partial charge in [0.1, 0.15) is 5.75 Å². The molecule has 18 heavy (non-hydrogen) atoms. The molecule has 0 aliphatic rings. The molecular formula is C16H19NO. The first-order valence-corrected chi connectivity index (χ1v) is 6.28. The Kier molecular flexibility index (Phi) is 4.00. The number of hydrogen-bond acceptors (Lipinski definition) is 2. The first-order valence-electron chi connectivity index (χ1n) is 6.28. The third-order valence-electron chi connectivity index (χ3n) is 2.96. The molecule has 0 aliphatic carbocycles. The Morgan fingerprint density at radius 3 is 2.56 bits per heavy atom. The van der Waals surface area contributed by atoms with E-state index in [4.69, 9.17) is 10.5 Å². The summed E-state index contributed by atoms with van der Waals surface area (Å²) in [5.74, 6) is 0.917. The first kappa shape index (κ1) is 12.7. The summed E-state index contributed by atoms with van der Waals surface area (Å²) in [4.78, 5) is 0. The van der Waals surface area contributed by atoms with Crippen molar-refractivity contribution in [2.45, 2.75) is 20.4 Å². The molecule has 0 radical (unpaired) electrons. The van der Waals surface area contributed by atoms with E-state index in [1.165, 1.54) is 11.1 Å². The summed E-state index contributed by atoms with van der Waals surface area (Å²) in [7, 11) is 0. The Labute approximate surface area is 108 Å². The normalized spacial score (nSPS) is 10.4. The summed E-state index contributed by atoms with van der Waals surface area (Å²) in [6.45, 7) is 5.29. The second-order valence-electron chi connectivity index (χ2n) is 4.29. The van der Waals surface area contributed by atoms with Crippen LogP contribution in [0.25, 0.3) is 11.1 Å². The molecule has 2 nitrogen and oxygen atoms in total. The lowest BCUT2D eigenvalue weighted by atomic mass is 9.97. The van der Waals surface area contributed by atoms with Gasteiger partial charge in [0, 0.05) is 12.1 Å². The van der Waals surface area contributed by atoms with E-state index in [0.717, 1.165) is 16.9 Å². The molecule has 0 amide bonds. The predicted octanol–water partition coefficient (Wildman–Crippen LogP) is 3.52. The molecular weight excluding hydrogens is 222 g/mol. The molecule has 0 fully saturated rings. The maximum absolute atomic E-state index is 5.82. The van der Waals surface area contributed by atoms with Crippen LogP contribution in [-0.4, -0.2) is 6.61 Å². The second-order valence-corrected chi connectivity index (χ2v) is 4.29. The molecule has 0 heterocycles. The molecule has 0 aliphatic heterocycles. The van der Waals surface area contributed by atoms with Crippen molar-refractivity contribution >= 4 is 0 Å². The summed E-state index contributed by atoms with van der Waals surface area (Å²) in [6.07, 6.45) is 0. The summed E-state index contributed by atoms with van der Waals surface area (Å²) in [5, 5.41) is 0. The molecule has 2 aromatic carbocycles. The van der Waals surface area contributed by atoms with Crippen LogP contribution in [0.1, 0.15) is 18.1 Å². The van der Waals surface area contributed by atoms with E-state index in [9.17, 15) is 0 Å². The molecule has 0 saturated heterocycles. The highest BCUT2D eigenvalue weighted by Gasteiger charge is 2.09. The highest BCUT2D eigenvalue weighted by molar-refractivity contribution is 5.74. The van der Waals surface area contributed by atoms with Gasteiger partial charge in [-0.05, 0) is 31.0 Å². The van der Waals surface area contributed by atoms with Crippen LogP contribution in [0.15, 0.2) is 42.5 Å². The lowest BCUT2D eigenvalue weighted by molar-refractivity contribution is 0.341. The van der Waals surface area contributed by atoms with Crippen molar-refractivity contribution in [1.82, 2.24) is 0 Å². The molecule has 94 valence electrons. The van der Waals surface area contributed by atoms with Gasteiger partial charge < -0.3 is 10.5 Å². The number of para-hydroxylation sites is 1.